The summed E-state index contributed by atoms with van der Waals surface area (Å²) in [5.74, 6) is 1.51. The van der Waals surface area contributed by atoms with Crippen LogP contribution in [0.15, 0.2) is 30.6 Å². The summed E-state index contributed by atoms with van der Waals surface area (Å²) in [6.45, 7) is 6.93. The highest BCUT2D eigenvalue weighted by Crippen LogP contribution is 2.34. The average Bonchev–Trinajstić information content (AvgIpc) is 3.11. The second-order valence-corrected chi connectivity index (χ2v) is 7.03. The quantitative estimate of drug-likeness (QED) is 0.777. The lowest BCUT2D eigenvalue weighted by atomic mass is 9.84. The van der Waals surface area contributed by atoms with Gasteiger partial charge in [0.25, 0.3) is 0 Å². The van der Waals surface area contributed by atoms with Gasteiger partial charge in [-0.15, -0.1) is 0 Å². The second-order valence-electron chi connectivity index (χ2n) is 7.03. The molecular formula is C19H26N4O4. The van der Waals surface area contributed by atoms with Gasteiger partial charge in [0, 0.05) is 25.3 Å². The minimum Gasteiger partial charge on any atom is -0.486 e. The first-order valence-corrected chi connectivity index (χ1v) is 8.94. The van der Waals surface area contributed by atoms with Crippen molar-refractivity contribution >= 4 is 11.7 Å². The predicted molar refractivity (Wildman–Crippen MR) is 102 cm³/mol. The minimum absolute atomic E-state index is 0.268. The third-order valence-electron chi connectivity index (χ3n) is 4.43. The predicted octanol–water partition coefficient (Wildman–Crippen LogP) is 2.40. The number of methoxy groups -OCH3 is 1. The first-order valence-electron chi connectivity index (χ1n) is 8.94. The van der Waals surface area contributed by atoms with Crippen LogP contribution in [0.2, 0.25) is 0 Å². The van der Waals surface area contributed by atoms with E-state index in [-0.39, 0.29) is 11.4 Å². The van der Waals surface area contributed by atoms with Gasteiger partial charge >= 0.3 is 6.03 Å². The van der Waals surface area contributed by atoms with E-state index in [9.17, 15) is 4.79 Å². The Morgan fingerprint density at radius 1 is 1.30 bits per heavy atom. The Labute approximate surface area is 158 Å². The molecule has 1 aromatic carbocycles. The fraction of sp³-hybridized carbons (Fsp3) is 0.474. The molecule has 2 amide bonds. The zero-order chi connectivity index (χ0) is 19.3. The van der Waals surface area contributed by atoms with E-state index in [1.54, 1.807) is 24.2 Å². The molecule has 0 bridgehead atoms. The average molecular weight is 374 g/mol. The summed E-state index contributed by atoms with van der Waals surface area (Å²) in [5.41, 5.74) is 1.44. The normalized spacial score (nSPS) is 13.3. The standard InChI is InChI=1S/C19H26N4O4/c1-19(2,14-4-5-16-17(10-14)27-9-8-26-16)13-20-18(24)22-15-11-21-23(12-15)6-7-25-3/h4-5,10-12H,6-9,13H2,1-3H3,(H2,20,22,24). The van der Waals surface area contributed by atoms with E-state index in [0.717, 1.165) is 17.1 Å². The molecule has 27 heavy (non-hydrogen) atoms. The molecule has 1 aliphatic rings. The molecular weight excluding hydrogens is 348 g/mol. The van der Waals surface area contributed by atoms with Crippen LogP contribution in [0.25, 0.3) is 0 Å². The topological polar surface area (TPSA) is 86.6 Å². The maximum absolute atomic E-state index is 12.2. The summed E-state index contributed by atoms with van der Waals surface area (Å²) in [7, 11) is 1.64. The van der Waals surface area contributed by atoms with Gasteiger partial charge in [-0.25, -0.2) is 4.79 Å². The SMILES string of the molecule is COCCn1cc(NC(=O)NCC(C)(C)c2ccc3c(c2)OCCO3)cn1. The molecule has 0 atom stereocenters. The maximum atomic E-state index is 12.2. The molecule has 8 nitrogen and oxygen atoms in total. The third kappa shape index (κ3) is 4.91. The van der Waals surface area contributed by atoms with Crippen LogP contribution in [0, 0.1) is 0 Å². The zero-order valence-corrected chi connectivity index (χ0v) is 15.9. The fourth-order valence-corrected chi connectivity index (χ4v) is 2.78. The number of amides is 2. The van der Waals surface area contributed by atoms with Crippen molar-refractivity contribution in [2.24, 2.45) is 0 Å². The van der Waals surface area contributed by atoms with Crippen LogP contribution in [0.3, 0.4) is 0 Å². The van der Waals surface area contributed by atoms with Crippen LogP contribution < -0.4 is 20.1 Å². The van der Waals surface area contributed by atoms with Crippen molar-refractivity contribution in [2.45, 2.75) is 25.8 Å². The second kappa shape index (κ2) is 8.30. The summed E-state index contributed by atoms with van der Waals surface area (Å²) in [6.07, 6.45) is 3.38. The molecule has 2 heterocycles. The van der Waals surface area contributed by atoms with Crippen LogP contribution in [0.4, 0.5) is 10.5 Å². The fourth-order valence-electron chi connectivity index (χ4n) is 2.78. The lowest BCUT2D eigenvalue weighted by Gasteiger charge is -2.27. The summed E-state index contributed by atoms with van der Waals surface area (Å²) >= 11 is 0. The highest BCUT2D eigenvalue weighted by atomic mass is 16.6. The number of carbonyl (C=O) groups excluding carboxylic acids is 1. The summed E-state index contributed by atoms with van der Waals surface area (Å²) in [5, 5.41) is 9.88. The van der Waals surface area contributed by atoms with Crippen LogP contribution in [-0.2, 0) is 16.7 Å². The van der Waals surface area contributed by atoms with E-state index in [0.29, 0.717) is 38.6 Å². The van der Waals surface area contributed by atoms with Gasteiger partial charge in [-0.3, -0.25) is 4.68 Å². The molecule has 0 saturated heterocycles. The summed E-state index contributed by atoms with van der Waals surface area (Å²) < 4.78 is 17.9. The molecule has 0 fully saturated rings. The number of aromatic nitrogens is 2. The number of ether oxygens (including phenoxy) is 3. The molecule has 3 rings (SSSR count). The third-order valence-corrected chi connectivity index (χ3v) is 4.43. The molecule has 1 aromatic heterocycles. The van der Waals surface area contributed by atoms with E-state index in [2.05, 4.69) is 29.6 Å². The van der Waals surface area contributed by atoms with Gasteiger partial charge < -0.3 is 24.8 Å². The van der Waals surface area contributed by atoms with Crippen molar-refractivity contribution in [3.8, 4) is 11.5 Å². The Bertz CT molecular complexity index is 788. The van der Waals surface area contributed by atoms with Crippen molar-refractivity contribution in [2.75, 3.05) is 38.8 Å². The minimum atomic E-state index is -0.271. The van der Waals surface area contributed by atoms with Gasteiger partial charge in [0.2, 0.25) is 0 Å². The number of benzene rings is 1. The number of nitrogens with zero attached hydrogens (tertiary/aromatic N) is 2. The van der Waals surface area contributed by atoms with Crippen molar-refractivity contribution in [1.29, 1.82) is 0 Å². The Kier molecular flexibility index (Phi) is 5.85. The van der Waals surface area contributed by atoms with Gasteiger partial charge in [-0.2, -0.15) is 5.10 Å². The van der Waals surface area contributed by atoms with Gasteiger partial charge in [-0.1, -0.05) is 19.9 Å². The first kappa shape index (κ1) is 19.0. The largest absolute Gasteiger partial charge is 0.486 e. The number of anilines is 1. The molecule has 1 aliphatic heterocycles. The van der Waals surface area contributed by atoms with Gasteiger partial charge in [0.15, 0.2) is 11.5 Å². The van der Waals surface area contributed by atoms with Gasteiger partial charge in [-0.05, 0) is 17.7 Å². The number of rotatable bonds is 7. The molecule has 0 aliphatic carbocycles. The number of nitrogens with one attached hydrogen (secondary N) is 2. The van der Waals surface area contributed by atoms with Crippen LogP contribution in [0.5, 0.6) is 11.5 Å². The molecule has 0 radical (unpaired) electrons. The molecule has 8 heteroatoms. The molecule has 0 saturated carbocycles. The number of hydrogen-bond acceptors (Lipinski definition) is 5. The van der Waals surface area contributed by atoms with Crippen molar-refractivity contribution in [3.63, 3.8) is 0 Å². The Hall–Kier alpha value is -2.74. The van der Waals surface area contributed by atoms with Crippen molar-refractivity contribution in [3.05, 3.63) is 36.2 Å². The van der Waals surface area contributed by atoms with Crippen LogP contribution in [-0.4, -0.2) is 49.3 Å². The van der Waals surface area contributed by atoms with Crippen molar-refractivity contribution in [1.82, 2.24) is 15.1 Å². The van der Waals surface area contributed by atoms with E-state index in [4.69, 9.17) is 14.2 Å². The number of urea groups is 1. The lowest BCUT2D eigenvalue weighted by molar-refractivity contribution is 0.171. The highest BCUT2D eigenvalue weighted by molar-refractivity contribution is 5.88. The smallest absolute Gasteiger partial charge is 0.319 e. The van der Waals surface area contributed by atoms with E-state index in [1.807, 2.05) is 18.2 Å². The van der Waals surface area contributed by atoms with Crippen molar-refractivity contribution < 1.29 is 19.0 Å². The Balaban J connectivity index is 1.55. The Morgan fingerprint density at radius 3 is 2.85 bits per heavy atom. The number of carbonyl (C=O) groups is 1. The molecule has 2 N–H and O–H groups in total. The summed E-state index contributed by atoms with van der Waals surface area (Å²) in [4.78, 5) is 12.2. The van der Waals surface area contributed by atoms with E-state index >= 15 is 0 Å². The monoisotopic (exact) mass is 374 g/mol. The number of hydrogen-bond donors (Lipinski definition) is 2. The highest BCUT2D eigenvalue weighted by Gasteiger charge is 2.24. The molecule has 0 spiro atoms. The van der Waals surface area contributed by atoms with Crippen LogP contribution in [0.1, 0.15) is 19.4 Å². The molecule has 146 valence electrons. The van der Waals surface area contributed by atoms with E-state index < -0.39 is 0 Å². The van der Waals surface area contributed by atoms with Gasteiger partial charge in [0.05, 0.1) is 25.0 Å². The van der Waals surface area contributed by atoms with E-state index in [1.165, 1.54) is 0 Å². The Morgan fingerprint density at radius 2 is 2.07 bits per heavy atom. The van der Waals surface area contributed by atoms with Gasteiger partial charge in [0.1, 0.15) is 13.2 Å². The number of fused-ring (bicyclic) bond motifs is 1. The van der Waals surface area contributed by atoms with Crippen LogP contribution >= 0.6 is 0 Å². The first-order chi connectivity index (χ1) is 13.0. The lowest BCUT2D eigenvalue weighted by Crippen LogP contribution is -2.39. The molecule has 0 unspecified atom stereocenters. The summed E-state index contributed by atoms with van der Waals surface area (Å²) in [6, 6.07) is 5.63. The maximum Gasteiger partial charge on any atom is 0.319 e. The molecule has 2 aromatic rings. The zero-order valence-electron chi connectivity index (χ0n) is 15.9.